The molecule has 26 heavy (non-hydrogen) atoms. The third-order valence-corrected chi connectivity index (χ3v) is 4.65. The number of aromatic amines is 1. The van der Waals surface area contributed by atoms with Gasteiger partial charge in [0.2, 0.25) is 0 Å². The van der Waals surface area contributed by atoms with Crippen LogP contribution in [0.25, 0.3) is 11.3 Å². The van der Waals surface area contributed by atoms with Crippen molar-refractivity contribution in [3.05, 3.63) is 66.2 Å². The third kappa shape index (κ3) is 2.90. The van der Waals surface area contributed by atoms with Crippen LogP contribution in [0.3, 0.4) is 0 Å². The molecule has 2 aromatic heterocycles. The summed E-state index contributed by atoms with van der Waals surface area (Å²) >= 11 is 0. The quantitative estimate of drug-likeness (QED) is 0.778. The number of hydrogen-bond donors (Lipinski definition) is 1. The van der Waals surface area contributed by atoms with Gasteiger partial charge in [-0.1, -0.05) is 12.1 Å². The van der Waals surface area contributed by atoms with Crippen molar-refractivity contribution in [3.8, 4) is 11.3 Å². The lowest BCUT2D eigenvalue weighted by atomic mass is 10.1. The topological polar surface area (TPSA) is 71.4 Å². The summed E-state index contributed by atoms with van der Waals surface area (Å²) in [4.78, 5) is 22.0. The highest BCUT2D eigenvalue weighted by Gasteiger charge is 2.39. The van der Waals surface area contributed by atoms with Gasteiger partial charge >= 0.3 is 0 Å². The molecular weight excluding hydrogens is 337 g/mol. The normalized spacial score (nSPS) is 19.8. The maximum absolute atomic E-state index is 13.9. The molecule has 1 aliphatic rings. The van der Waals surface area contributed by atoms with Gasteiger partial charge in [0.25, 0.3) is 5.91 Å². The average Bonchev–Trinajstić information content (AvgIpc) is 3.40. The monoisotopic (exact) mass is 355 g/mol. The van der Waals surface area contributed by atoms with Crippen molar-refractivity contribution in [1.29, 1.82) is 0 Å². The zero-order chi connectivity index (χ0) is 18.1. The standard InChI is InChI=1S/C19H18FN3O3/c1-25-12-10-15(18-21-8-9-22-18)23(11-12)19(24)17-7-6-16(26-17)13-4-2-3-5-14(13)20/h2-9,12,15H,10-11H2,1H3,(H,21,22)/t12-,15?/m1/s1. The lowest BCUT2D eigenvalue weighted by molar-refractivity contribution is 0.0655. The Morgan fingerprint density at radius 2 is 2.19 bits per heavy atom. The molecule has 1 saturated heterocycles. The molecule has 134 valence electrons. The summed E-state index contributed by atoms with van der Waals surface area (Å²) in [6, 6.07) is 9.27. The van der Waals surface area contributed by atoms with E-state index in [2.05, 4.69) is 9.97 Å². The molecule has 1 N–H and O–H groups in total. The minimum absolute atomic E-state index is 0.0740. The van der Waals surface area contributed by atoms with Crippen molar-refractivity contribution in [2.45, 2.75) is 18.6 Å². The summed E-state index contributed by atoms with van der Waals surface area (Å²) in [5, 5.41) is 0. The van der Waals surface area contributed by atoms with Gasteiger partial charge in [0.1, 0.15) is 17.4 Å². The van der Waals surface area contributed by atoms with E-state index >= 15 is 0 Å². The first-order valence-electron chi connectivity index (χ1n) is 8.35. The number of likely N-dealkylation sites (tertiary alicyclic amines) is 1. The maximum atomic E-state index is 13.9. The van der Waals surface area contributed by atoms with E-state index in [0.29, 0.717) is 30.1 Å². The number of carbonyl (C=O) groups excluding carboxylic acids is 1. The second kappa shape index (κ2) is 6.76. The van der Waals surface area contributed by atoms with Crippen molar-refractivity contribution in [2.24, 2.45) is 0 Å². The maximum Gasteiger partial charge on any atom is 0.290 e. The number of benzene rings is 1. The third-order valence-electron chi connectivity index (χ3n) is 4.65. The van der Waals surface area contributed by atoms with Gasteiger partial charge in [0, 0.05) is 32.5 Å². The first kappa shape index (κ1) is 16.5. The first-order valence-corrected chi connectivity index (χ1v) is 8.35. The molecule has 1 unspecified atom stereocenters. The number of ether oxygens (including phenoxy) is 1. The van der Waals surface area contributed by atoms with Crippen molar-refractivity contribution < 1.29 is 18.3 Å². The Labute approximate surface area is 149 Å². The molecule has 4 rings (SSSR count). The zero-order valence-corrected chi connectivity index (χ0v) is 14.2. The Balaban J connectivity index is 1.62. The van der Waals surface area contributed by atoms with E-state index in [1.807, 2.05) is 0 Å². The minimum atomic E-state index is -0.394. The molecular formula is C19H18FN3O3. The van der Waals surface area contributed by atoms with Crippen molar-refractivity contribution in [2.75, 3.05) is 13.7 Å². The van der Waals surface area contributed by atoms with Gasteiger partial charge in [-0.3, -0.25) is 4.79 Å². The number of halogens is 1. The Kier molecular flexibility index (Phi) is 4.30. The van der Waals surface area contributed by atoms with Crippen LogP contribution < -0.4 is 0 Å². The summed E-state index contributed by atoms with van der Waals surface area (Å²) in [6.07, 6.45) is 3.95. The van der Waals surface area contributed by atoms with Crippen molar-refractivity contribution >= 4 is 5.91 Å². The number of hydrogen-bond acceptors (Lipinski definition) is 4. The Bertz CT molecular complexity index is 906. The lowest BCUT2D eigenvalue weighted by Crippen LogP contribution is -2.32. The van der Waals surface area contributed by atoms with E-state index in [0.717, 1.165) is 0 Å². The van der Waals surface area contributed by atoms with E-state index < -0.39 is 5.82 Å². The van der Waals surface area contributed by atoms with Crippen LogP contribution in [-0.4, -0.2) is 40.5 Å². The summed E-state index contributed by atoms with van der Waals surface area (Å²) in [7, 11) is 1.63. The van der Waals surface area contributed by atoms with E-state index in [-0.39, 0.29) is 23.8 Å². The van der Waals surface area contributed by atoms with Gasteiger partial charge in [-0.2, -0.15) is 0 Å². The SMILES string of the molecule is CO[C@@H]1CC(c2ncc[nH]2)N(C(=O)c2ccc(-c3ccccc3F)o2)C1. The number of nitrogens with one attached hydrogen (secondary N) is 1. The van der Waals surface area contributed by atoms with Crippen LogP contribution in [0.1, 0.15) is 28.8 Å². The molecule has 6 nitrogen and oxygen atoms in total. The van der Waals surface area contributed by atoms with Gasteiger partial charge in [0.15, 0.2) is 5.76 Å². The van der Waals surface area contributed by atoms with Crippen LogP contribution in [0.5, 0.6) is 0 Å². The van der Waals surface area contributed by atoms with E-state index in [1.165, 1.54) is 6.07 Å². The number of imidazole rings is 1. The van der Waals surface area contributed by atoms with E-state index in [1.54, 1.807) is 54.7 Å². The molecule has 0 saturated carbocycles. The fourth-order valence-corrected chi connectivity index (χ4v) is 3.31. The second-order valence-electron chi connectivity index (χ2n) is 6.18. The Hall–Kier alpha value is -2.93. The highest BCUT2D eigenvalue weighted by atomic mass is 19.1. The van der Waals surface area contributed by atoms with Gasteiger partial charge < -0.3 is 19.0 Å². The molecule has 0 radical (unpaired) electrons. The van der Waals surface area contributed by atoms with Crippen LogP contribution >= 0.6 is 0 Å². The highest BCUT2D eigenvalue weighted by molar-refractivity contribution is 5.92. The number of methoxy groups -OCH3 is 1. The molecule has 0 aliphatic carbocycles. The predicted molar refractivity (Wildman–Crippen MR) is 91.9 cm³/mol. The predicted octanol–water partition coefficient (Wildman–Crippen LogP) is 3.41. The molecule has 7 heteroatoms. The summed E-state index contributed by atoms with van der Waals surface area (Å²) in [6.45, 7) is 0.441. The minimum Gasteiger partial charge on any atom is -0.451 e. The molecule has 0 spiro atoms. The van der Waals surface area contributed by atoms with Crippen LogP contribution in [0.4, 0.5) is 4.39 Å². The molecule has 1 fully saturated rings. The Morgan fingerprint density at radius 3 is 2.92 bits per heavy atom. The van der Waals surface area contributed by atoms with Gasteiger partial charge in [0.05, 0.1) is 17.7 Å². The molecule has 0 bridgehead atoms. The highest BCUT2D eigenvalue weighted by Crippen LogP contribution is 2.34. The smallest absolute Gasteiger partial charge is 0.290 e. The van der Waals surface area contributed by atoms with Crippen LogP contribution in [0.15, 0.2) is 53.2 Å². The van der Waals surface area contributed by atoms with Gasteiger partial charge in [-0.25, -0.2) is 9.37 Å². The molecule has 1 amide bonds. The van der Waals surface area contributed by atoms with Gasteiger partial charge in [-0.15, -0.1) is 0 Å². The molecule has 3 aromatic rings. The number of amides is 1. The first-order chi connectivity index (χ1) is 12.7. The fourth-order valence-electron chi connectivity index (χ4n) is 3.31. The molecule has 3 heterocycles. The largest absolute Gasteiger partial charge is 0.451 e. The average molecular weight is 355 g/mol. The number of nitrogens with zero attached hydrogens (tertiary/aromatic N) is 2. The summed E-state index contributed by atoms with van der Waals surface area (Å²) in [5.74, 6) is 0.530. The molecule has 2 atom stereocenters. The summed E-state index contributed by atoms with van der Waals surface area (Å²) < 4.78 is 25.0. The number of H-pyrrole nitrogens is 1. The van der Waals surface area contributed by atoms with Crippen LogP contribution in [0.2, 0.25) is 0 Å². The van der Waals surface area contributed by atoms with E-state index in [4.69, 9.17) is 9.15 Å². The number of furan rings is 1. The number of rotatable bonds is 4. The van der Waals surface area contributed by atoms with Crippen LogP contribution in [-0.2, 0) is 4.74 Å². The molecule has 1 aromatic carbocycles. The Morgan fingerprint density at radius 1 is 1.35 bits per heavy atom. The fraction of sp³-hybridized carbons (Fsp3) is 0.263. The number of aromatic nitrogens is 2. The zero-order valence-electron chi connectivity index (χ0n) is 14.2. The number of carbonyl (C=O) groups is 1. The summed E-state index contributed by atoms with van der Waals surface area (Å²) in [5.41, 5.74) is 0.324. The molecule has 1 aliphatic heterocycles. The van der Waals surface area contributed by atoms with E-state index in [9.17, 15) is 9.18 Å². The van der Waals surface area contributed by atoms with Gasteiger partial charge in [-0.05, 0) is 24.3 Å². The second-order valence-corrected chi connectivity index (χ2v) is 6.18. The van der Waals surface area contributed by atoms with Crippen molar-refractivity contribution in [1.82, 2.24) is 14.9 Å². The van der Waals surface area contributed by atoms with Crippen LogP contribution in [0, 0.1) is 5.82 Å². The lowest BCUT2D eigenvalue weighted by Gasteiger charge is -2.21. The van der Waals surface area contributed by atoms with Crippen molar-refractivity contribution in [3.63, 3.8) is 0 Å².